The fraction of sp³-hybridized carbons (Fsp3) is 0.111. The number of hydrogen-bond acceptors (Lipinski definition) is 6. The molecule has 0 fully saturated rings. The molecule has 0 aliphatic carbocycles. The molecular formula is C18H14N4O2S. The highest BCUT2D eigenvalue weighted by Crippen LogP contribution is 2.27. The second kappa shape index (κ2) is 6.10. The number of amides is 1. The molecule has 4 aromatic rings. The number of nitrogens with one attached hydrogen (secondary N) is 1. The minimum Gasteiger partial charge on any atom is -0.334 e. The minimum atomic E-state index is -0.205. The van der Waals surface area contributed by atoms with Crippen LogP contribution < -0.4 is 5.32 Å². The summed E-state index contributed by atoms with van der Waals surface area (Å²) < 4.78 is 6.17. The number of aromatic nitrogens is 3. The summed E-state index contributed by atoms with van der Waals surface area (Å²) in [6, 6.07) is 13.0. The van der Waals surface area contributed by atoms with Gasteiger partial charge in [0.25, 0.3) is 11.8 Å². The Morgan fingerprint density at radius 3 is 2.60 bits per heavy atom. The zero-order chi connectivity index (χ0) is 17.4. The molecule has 6 nitrogen and oxygen atoms in total. The molecule has 2 aromatic heterocycles. The molecule has 124 valence electrons. The van der Waals surface area contributed by atoms with E-state index in [4.69, 9.17) is 4.52 Å². The Balaban J connectivity index is 1.53. The van der Waals surface area contributed by atoms with E-state index in [0.29, 0.717) is 22.4 Å². The van der Waals surface area contributed by atoms with Crippen molar-refractivity contribution in [2.75, 3.05) is 5.32 Å². The lowest BCUT2D eigenvalue weighted by Crippen LogP contribution is -2.11. The van der Waals surface area contributed by atoms with Crippen molar-refractivity contribution in [2.45, 2.75) is 13.8 Å². The van der Waals surface area contributed by atoms with Crippen molar-refractivity contribution in [1.29, 1.82) is 0 Å². The number of fused-ring (bicyclic) bond motifs is 1. The van der Waals surface area contributed by atoms with E-state index in [2.05, 4.69) is 26.5 Å². The number of thiazole rings is 1. The average Bonchev–Trinajstić information content (AvgIpc) is 3.20. The lowest BCUT2D eigenvalue weighted by atomic mass is 10.1. The lowest BCUT2D eigenvalue weighted by Gasteiger charge is -2.02. The van der Waals surface area contributed by atoms with Crippen LogP contribution in [0.1, 0.15) is 21.7 Å². The molecule has 2 aromatic carbocycles. The number of anilines is 1. The number of hydrogen-bond donors (Lipinski definition) is 1. The molecular weight excluding hydrogens is 336 g/mol. The number of carbonyl (C=O) groups is 1. The van der Waals surface area contributed by atoms with Gasteiger partial charge in [-0.1, -0.05) is 22.6 Å². The Bertz CT molecular complexity index is 1070. The summed E-state index contributed by atoms with van der Waals surface area (Å²) in [5.41, 5.74) is 3.36. The van der Waals surface area contributed by atoms with E-state index >= 15 is 0 Å². The third-order valence-electron chi connectivity index (χ3n) is 3.69. The van der Waals surface area contributed by atoms with Gasteiger partial charge in [0.15, 0.2) is 11.0 Å². The van der Waals surface area contributed by atoms with Crippen LogP contribution in [0.3, 0.4) is 0 Å². The maximum absolute atomic E-state index is 12.4. The molecule has 0 radical (unpaired) electrons. The average molecular weight is 350 g/mol. The highest BCUT2D eigenvalue weighted by molar-refractivity contribution is 7.22. The van der Waals surface area contributed by atoms with Crippen molar-refractivity contribution in [3.8, 4) is 11.5 Å². The third kappa shape index (κ3) is 3.14. The first-order chi connectivity index (χ1) is 12.1. The second-order valence-corrected chi connectivity index (χ2v) is 6.70. The van der Waals surface area contributed by atoms with Gasteiger partial charge in [-0.3, -0.25) is 10.1 Å². The molecule has 4 rings (SSSR count). The predicted octanol–water partition coefficient (Wildman–Crippen LogP) is 4.22. The van der Waals surface area contributed by atoms with E-state index in [1.807, 2.05) is 19.1 Å². The predicted molar refractivity (Wildman–Crippen MR) is 96.8 cm³/mol. The van der Waals surface area contributed by atoms with Crippen molar-refractivity contribution >= 4 is 32.6 Å². The zero-order valence-corrected chi connectivity index (χ0v) is 14.4. The number of rotatable bonds is 3. The molecule has 0 saturated heterocycles. The first-order valence-corrected chi connectivity index (χ1v) is 8.49. The SMILES string of the molecule is Cc1ccc2nc(NC(=O)c3ccc(-c4nc(C)no4)cc3)sc2c1. The van der Waals surface area contributed by atoms with E-state index < -0.39 is 0 Å². The van der Waals surface area contributed by atoms with Crippen molar-refractivity contribution in [3.63, 3.8) is 0 Å². The van der Waals surface area contributed by atoms with Gasteiger partial charge < -0.3 is 4.52 Å². The number of nitrogens with zero attached hydrogens (tertiary/aromatic N) is 3. The van der Waals surface area contributed by atoms with Gasteiger partial charge in [-0.25, -0.2) is 4.98 Å². The fourth-order valence-electron chi connectivity index (χ4n) is 2.43. The Morgan fingerprint density at radius 1 is 1.08 bits per heavy atom. The van der Waals surface area contributed by atoms with Crippen molar-refractivity contribution < 1.29 is 9.32 Å². The number of aryl methyl sites for hydroxylation is 2. The van der Waals surface area contributed by atoms with Gasteiger partial charge in [0.2, 0.25) is 0 Å². The summed E-state index contributed by atoms with van der Waals surface area (Å²) in [5, 5.41) is 7.19. The van der Waals surface area contributed by atoms with Crippen LogP contribution in [-0.4, -0.2) is 21.0 Å². The third-order valence-corrected chi connectivity index (χ3v) is 4.62. The van der Waals surface area contributed by atoms with E-state index in [9.17, 15) is 4.79 Å². The van der Waals surface area contributed by atoms with Crippen LogP contribution in [0.2, 0.25) is 0 Å². The summed E-state index contributed by atoms with van der Waals surface area (Å²) in [4.78, 5) is 21.0. The molecule has 25 heavy (non-hydrogen) atoms. The largest absolute Gasteiger partial charge is 0.334 e. The van der Waals surface area contributed by atoms with Crippen LogP contribution >= 0.6 is 11.3 Å². The maximum Gasteiger partial charge on any atom is 0.257 e. The van der Waals surface area contributed by atoms with Crippen molar-refractivity contribution in [3.05, 3.63) is 59.4 Å². The van der Waals surface area contributed by atoms with Gasteiger partial charge in [-0.2, -0.15) is 4.98 Å². The maximum atomic E-state index is 12.4. The van der Waals surface area contributed by atoms with Crippen LogP contribution in [-0.2, 0) is 0 Å². The molecule has 7 heteroatoms. The van der Waals surface area contributed by atoms with Gasteiger partial charge in [0.05, 0.1) is 10.2 Å². The summed E-state index contributed by atoms with van der Waals surface area (Å²) in [6.45, 7) is 3.79. The molecule has 0 unspecified atom stereocenters. The molecule has 1 amide bonds. The van der Waals surface area contributed by atoms with E-state index in [-0.39, 0.29) is 5.91 Å². The monoisotopic (exact) mass is 350 g/mol. The van der Waals surface area contributed by atoms with Gasteiger partial charge in [-0.05, 0) is 55.8 Å². The first-order valence-electron chi connectivity index (χ1n) is 7.68. The second-order valence-electron chi connectivity index (χ2n) is 5.67. The summed E-state index contributed by atoms with van der Waals surface area (Å²) in [6.07, 6.45) is 0. The normalized spacial score (nSPS) is 11.0. The van der Waals surface area contributed by atoms with Crippen LogP contribution in [0.15, 0.2) is 47.0 Å². The first kappa shape index (κ1) is 15.5. The van der Waals surface area contributed by atoms with E-state index in [1.165, 1.54) is 16.9 Å². The topological polar surface area (TPSA) is 80.9 Å². The van der Waals surface area contributed by atoms with Crippen LogP contribution in [0, 0.1) is 13.8 Å². The summed E-state index contributed by atoms with van der Waals surface area (Å²) >= 11 is 1.46. The molecule has 0 aliphatic rings. The Labute approximate surface area is 147 Å². The molecule has 2 heterocycles. The van der Waals surface area contributed by atoms with Gasteiger partial charge >= 0.3 is 0 Å². The van der Waals surface area contributed by atoms with Crippen LogP contribution in [0.25, 0.3) is 21.7 Å². The van der Waals surface area contributed by atoms with Gasteiger partial charge in [0.1, 0.15) is 0 Å². The Hall–Kier alpha value is -3.06. The molecule has 0 aliphatic heterocycles. The molecule has 0 spiro atoms. The molecule has 0 saturated carbocycles. The molecule has 0 atom stereocenters. The number of benzene rings is 2. The van der Waals surface area contributed by atoms with E-state index in [1.54, 1.807) is 31.2 Å². The fourth-order valence-corrected chi connectivity index (χ4v) is 3.39. The smallest absolute Gasteiger partial charge is 0.257 e. The van der Waals surface area contributed by atoms with Crippen LogP contribution in [0.4, 0.5) is 5.13 Å². The lowest BCUT2D eigenvalue weighted by molar-refractivity contribution is 0.102. The highest BCUT2D eigenvalue weighted by Gasteiger charge is 2.12. The minimum absolute atomic E-state index is 0.205. The Kier molecular flexibility index (Phi) is 3.77. The van der Waals surface area contributed by atoms with E-state index in [0.717, 1.165) is 15.8 Å². The highest BCUT2D eigenvalue weighted by atomic mass is 32.1. The Morgan fingerprint density at radius 2 is 1.88 bits per heavy atom. The standard InChI is InChI=1S/C18H14N4O2S/c1-10-3-8-14-15(9-10)25-18(20-14)21-16(23)12-4-6-13(7-5-12)17-19-11(2)22-24-17/h3-9H,1-2H3,(H,20,21,23). The van der Waals surface area contributed by atoms with Crippen molar-refractivity contribution in [1.82, 2.24) is 15.1 Å². The molecule has 1 N–H and O–H groups in total. The van der Waals surface area contributed by atoms with Crippen molar-refractivity contribution in [2.24, 2.45) is 0 Å². The quantitative estimate of drug-likeness (QED) is 0.598. The summed E-state index contributed by atoms with van der Waals surface area (Å²) in [5.74, 6) is 0.804. The summed E-state index contributed by atoms with van der Waals surface area (Å²) in [7, 11) is 0. The number of carbonyl (C=O) groups excluding carboxylic acids is 1. The van der Waals surface area contributed by atoms with Gasteiger partial charge in [0, 0.05) is 11.1 Å². The zero-order valence-electron chi connectivity index (χ0n) is 13.6. The van der Waals surface area contributed by atoms with Crippen LogP contribution in [0.5, 0.6) is 0 Å². The van der Waals surface area contributed by atoms with Gasteiger partial charge in [-0.15, -0.1) is 0 Å². The molecule has 0 bridgehead atoms.